The van der Waals surface area contributed by atoms with Crippen LogP contribution in [0.15, 0.2) is 29.6 Å². The van der Waals surface area contributed by atoms with E-state index in [0.29, 0.717) is 0 Å². The molecule has 0 unspecified atom stereocenters. The molecule has 2 heterocycles. The number of hydrogen-bond acceptors (Lipinski definition) is 4. The molecule has 0 spiro atoms. The van der Waals surface area contributed by atoms with Crippen molar-refractivity contribution in [3.63, 3.8) is 0 Å². The smallest absolute Gasteiger partial charge is 0.163 e. The van der Waals surface area contributed by atoms with Gasteiger partial charge in [-0.1, -0.05) is 25.1 Å². The molecule has 0 aliphatic rings. The number of benzene rings is 1. The van der Waals surface area contributed by atoms with E-state index in [0.717, 1.165) is 29.3 Å². The zero-order chi connectivity index (χ0) is 14.1. The molecule has 0 amide bonds. The average molecular weight is 283 g/mol. The van der Waals surface area contributed by atoms with Crippen LogP contribution in [0.25, 0.3) is 21.5 Å². The molecule has 0 saturated heterocycles. The van der Waals surface area contributed by atoms with Crippen LogP contribution in [0.4, 0.5) is 5.82 Å². The highest BCUT2D eigenvalue weighted by Crippen LogP contribution is 2.33. The topological polar surface area (TPSA) is 37.8 Å². The van der Waals surface area contributed by atoms with Gasteiger partial charge in [-0.05, 0) is 19.4 Å². The maximum atomic E-state index is 4.70. The van der Waals surface area contributed by atoms with Crippen LogP contribution in [-0.2, 0) is 6.42 Å². The van der Waals surface area contributed by atoms with Crippen molar-refractivity contribution in [1.82, 2.24) is 9.97 Å². The van der Waals surface area contributed by atoms with E-state index in [2.05, 4.69) is 48.8 Å². The second-order valence-corrected chi connectivity index (χ2v) is 5.62. The molecule has 0 fully saturated rings. The molecular formula is C16H17N3S. The van der Waals surface area contributed by atoms with E-state index in [1.165, 1.54) is 15.6 Å². The lowest BCUT2D eigenvalue weighted by Crippen LogP contribution is -2.04. The fourth-order valence-electron chi connectivity index (χ4n) is 2.50. The predicted octanol–water partition coefficient (Wildman–Crippen LogP) is 4.27. The summed E-state index contributed by atoms with van der Waals surface area (Å²) in [5.41, 5.74) is 3.36. The highest BCUT2D eigenvalue weighted by Gasteiger charge is 2.13. The normalized spacial score (nSPS) is 10.9. The summed E-state index contributed by atoms with van der Waals surface area (Å²) in [6.45, 7) is 4.19. The molecule has 3 aromatic rings. The number of hydrogen-bond donors (Lipinski definition) is 1. The van der Waals surface area contributed by atoms with Crippen LogP contribution in [0.5, 0.6) is 0 Å². The Morgan fingerprint density at radius 3 is 2.75 bits per heavy atom. The van der Waals surface area contributed by atoms with E-state index in [9.17, 15) is 0 Å². The first-order chi connectivity index (χ1) is 9.74. The van der Waals surface area contributed by atoms with Gasteiger partial charge in [-0.15, -0.1) is 11.3 Å². The van der Waals surface area contributed by atoms with Crippen LogP contribution >= 0.6 is 11.3 Å². The van der Waals surface area contributed by atoms with Crippen LogP contribution in [0.1, 0.15) is 18.2 Å². The molecule has 102 valence electrons. The lowest BCUT2D eigenvalue weighted by Gasteiger charge is -2.11. The zero-order valence-electron chi connectivity index (χ0n) is 11.9. The molecule has 3 nitrogen and oxygen atoms in total. The number of rotatable bonds is 3. The van der Waals surface area contributed by atoms with E-state index >= 15 is 0 Å². The summed E-state index contributed by atoms with van der Waals surface area (Å²) >= 11 is 1.74. The van der Waals surface area contributed by atoms with Gasteiger partial charge in [0, 0.05) is 39.3 Å². The van der Waals surface area contributed by atoms with Crippen LogP contribution in [0.3, 0.4) is 0 Å². The lowest BCUT2D eigenvalue weighted by molar-refractivity contribution is 1.00. The van der Waals surface area contributed by atoms with Gasteiger partial charge in [0.15, 0.2) is 5.82 Å². The molecule has 0 aliphatic heterocycles. The highest BCUT2D eigenvalue weighted by molar-refractivity contribution is 7.17. The number of fused-ring (bicyclic) bond motifs is 1. The largest absolute Gasteiger partial charge is 0.373 e. The first-order valence-electron chi connectivity index (χ1n) is 6.76. The summed E-state index contributed by atoms with van der Waals surface area (Å²) in [5.74, 6) is 1.74. The van der Waals surface area contributed by atoms with E-state index in [-0.39, 0.29) is 0 Å². The third kappa shape index (κ3) is 2.06. The fraction of sp³-hybridized carbons (Fsp3) is 0.250. The van der Waals surface area contributed by atoms with Crippen molar-refractivity contribution >= 4 is 27.2 Å². The van der Waals surface area contributed by atoms with Gasteiger partial charge < -0.3 is 5.32 Å². The maximum Gasteiger partial charge on any atom is 0.163 e. The van der Waals surface area contributed by atoms with Crippen molar-refractivity contribution in [3.05, 3.63) is 40.9 Å². The Morgan fingerprint density at radius 2 is 2.00 bits per heavy atom. The van der Waals surface area contributed by atoms with Gasteiger partial charge >= 0.3 is 0 Å². The summed E-state index contributed by atoms with van der Waals surface area (Å²) in [4.78, 5) is 9.40. The van der Waals surface area contributed by atoms with Gasteiger partial charge in [-0.25, -0.2) is 9.97 Å². The lowest BCUT2D eigenvalue weighted by atomic mass is 10.1. The minimum absolute atomic E-state index is 0.807. The monoisotopic (exact) mass is 283 g/mol. The Bertz CT molecular complexity index is 762. The SMILES string of the molecule is CCc1c(C)nc(-c2csc3ccccc23)nc1NC. The second kappa shape index (κ2) is 5.21. The van der Waals surface area contributed by atoms with Gasteiger partial charge in [0.25, 0.3) is 0 Å². The van der Waals surface area contributed by atoms with Crippen LogP contribution in [-0.4, -0.2) is 17.0 Å². The molecule has 4 heteroatoms. The van der Waals surface area contributed by atoms with Gasteiger partial charge in [0.2, 0.25) is 0 Å². The van der Waals surface area contributed by atoms with Crippen molar-refractivity contribution in [1.29, 1.82) is 0 Å². The standard InChI is InChI=1S/C16H17N3S/c1-4-11-10(2)18-16(19-15(11)17-3)13-9-20-14-8-6-5-7-12(13)14/h5-9H,4H2,1-3H3,(H,17,18,19). The van der Waals surface area contributed by atoms with Crippen molar-refractivity contribution < 1.29 is 0 Å². The van der Waals surface area contributed by atoms with E-state index in [4.69, 9.17) is 9.97 Å². The molecule has 0 saturated carbocycles. The molecule has 0 atom stereocenters. The second-order valence-electron chi connectivity index (χ2n) is 4.71. The van der Waals surface area contributed by atoms with Gasteiger partial charge in [0.05, 0.1) is 0 Å². The minimum Gasteiger partial charge on any atom is -0.373 e. The van der Waals surface area contributed by atoms with Crippen LogP contribution in [0.2, 0.25) is 0 Å². The number of thiophene rings is 1. The Labute approximate surface area is 122 Å². The average Bonchev–Trinajstić information content (AvgIpc) is 2.90. The summed E-state index contributed by atoms with van der Waals surface area (Å²) in [6, 6.07) is 8.39. The third-order valence-electron chi connectivity index (χ3n) is 3.53. The molecule has 0 bridgehead atoms. The maximum absolute atomic E-state index is 4.70. The quantitative estimate of drug-likeness (QED) is 0.780. The Morgan fingerprint density at radius 1 is 1.20 bits per heavy atom. The van der Waals surface area contributed by atoms with E-state index < -0.39 is 0 Å². The van der Waals surface area contributed by atoms with Gasteiger partial charge in [-0.2, -0.15) is 0 Å². The Kier molecular flexibility index (Phi) is 3.40. The number of anilines is 1. The first-order valence-corrected chi connectivity index (χ1v) is 7.64. The van der Waals surface area contributed by atoms with Gasteiger partial charge in [-0.3, -0.25) is 0 Å². The van der Waals surface area contributed by atoms with E-state index in [1.54, 1.807) is 11.3 Å². The summed E-state index contributed by atoms with van der Waals surface area (Å²) in [7, 11) is 1.91. The minimum atomic E-state index is 0.807. The number of aromatic nitrogens is 2. The third-order valence-corrected chi connectivity index (χ3v) is 4.49. The van der Waals surface area contributed by atoms with Crippen LogP contribution < -0.4 is 5.32 Å². The molecular weight excluding hydrogens is 266 g/mol. The molecule has 20 heavy (non-hydrogen) atoms. The number of aryl methyl sites for hydroxylation is 1. The van der Waals surface area contributed by atoms with Crippen molar-refractivity contribution in [2.24, 2.45) is 0 Å². The number of nitrogens with zero attached hydrogens (tertiary/aromatic N) is 2. The van der Waals surface area contributed by atoms with Crippen molar-refractivity contribution in [2.45, 2.75) is 20.3 Å². The van der Waals surface area contributed by atoms with Crippen molar-refractivity contribution in [3.8, 4) is 11.4 Å². The molecule has 0 aliphatic carbocycles. The summed E-state index contributed by atoms with van der Waals surface area (Å²) < 4.78 is 1.27. The van der Waals surface area contributed by atoms with E-state index in [1.807, 2.05) is 7.05 Å². The summed E-state index contributed by atoms with van der Waals surface area (Å²) in [5, 5.41) is 6.56. The zero-order valence-corrected chi connectivity index (χ0v) is 12.7. The number of nitrogens with one attached hydrogen (secondary N) is 1. The Hall–Kier alpha value is -1.94. The van der Waals surface area contributed by atoms with Gasteiger partial charge in [0.1, 0.15) is 5.82 Å². The molecule has 0 radical (unpaired) electrons. The molecule has 2 aromatic heterocycles. The molecule has 1 aromatic carbocycles. The van der Waals surface area contributed by atoms with Crippen LogP contribution in [0, 0.1) is 6.92 Å². The fourth-order valence-corrected chi connectivity index (χ4v) is 3.44. The Balaban J connectivity index is 2.22. The predicted molar refractivity (Wildman–Crippen MR) is 86.5 cm³/mol. The summed E-state index contributed by atoms with van der Waals surface area (Å²) in [6.07, 6.45) is 0.937. The van der Waals surface area contributed by atoms with Crippen molar-refractivity contribution in [2.75, 3.05) is 12.4 Å². The molecule has 3 rings (SSSR count). The molecule has 1 N–H and O–H groups in total. The first kappa shape index (κ1) is 13.1. The highest BCUT2D eigenvalue weighted by atomic mass is 32.1.